The molecule has 1 atom stereocenters. The van der Waals surface area contributed by atoms with E-state index in [4.69, 9.17) is 9.15 Å². The molecule has 126 valence electrons. The molecule has 1 aromatic heterocycles. The second kappa shape index (κ2) is 7.31. The highest BCUT2D eigenvalue weighted by atomic mass is 16.5. The molecule has 24 heavy (non-hydrogen) atoms. The largest absolute Gasteiger partial charge is 0.469 e. The lowest BCUT2D eigenvalue weighted by molar-refractivity contribution is 0.0473. The number of carbonyl (C=O) groups is 2. The van der Waals surface area contributed by atoms with Crippen LogP contribution in [0.1, 0.15) is 39.3 Å². The molecule has 0 bridgehead atoms. The van der Waals surface area contributed by atoms with Gasteiger partial charge in [0, 0.05) is 11.7 Å². The van der Waals surface area contributed by atoms with Crippen LogP contribution in [0.15, 0.2) is 41.0 Å². The minimum atomic E-state index is -0.390. The zero-order valence-corrected chi connectivity index (χ0v) is 13.5. The van der Waals surface area contributed by atoms with E-state index in [1.165, 1.54) is 6.26 Å². The number of hydrogen-bond acceptors (Lipinski definition) is 5. The Hall–Kier alpha value is -2.60. The second-order valence-corrected chi connectivity index (χ2v) is 5.82. The van der Waals surface area contributed by atoms with Crippen molar-refractivity contribution < 1.29 is 18.7 Å². The summed E-state index contributed by atoms with van der Waals surface area (Å²) in [6.45, 7) is 3.06. The summed E-state index contributed by atoms with van der Waals surface area (Å²) < 4.78 is 10.5. The maximum absolute atomic E-state index is 12.2. The monoisotopic (exact) mass is 328 g/mol. The van der Waals surface area contributed by atoms with Crippen molar-refractivity contribution in [2.45, 2.75) is 25.8 Å². The molecule has 1 aliphatic rings. The highest BCUT2D eigenvalue weighted by Gasteiger charge is 2.17. The van der Waals surface area contributed by atoms with Gasteiger partial charge in [0.25, 0.3) is 5.91 Å². The highest BCUT2D eigenvalue weighted by Crippen LogP contribution is 2.16. The molecule has 1 aliphatic heterocycles. The highest BCUT2D eigenvalue weighted by molar-refractivity contribution is 6.05. The summed E-state index contributed by atoms with van der Waals surface area (Å²) in [7, 11) is 0. The number of benzene rings is 1. The quantitative estimate of drug-likeness (QED) is 0.825. The first-order valence-corrected chi connectivity index (χ1v) is 7.99. The Morgan fingerprint density at radius 3 is 2.96 bits per heavy atom. The maximum Gasteiger partial charge on any atom is 0.338 e. The van der Waals surface area contributed by atoms with Crippen molar-refractivity contribution in [3.05, 3.63) is 53.5 Å². The standard InChI is InChI=1S/C18H20N2O4/c1-12-16(7-9-23-12)17(21)20-14-5-2-4-13(10-14)18(22)24-11-15-6-3-8-19-15/h2,4-5,7,9-10,15,19H,3,6,8,11H2,1H3,(H,20,21)/t15-/m1/s1. The topological polar surface area (TPSA) is 80.6 Å². The van der Waals surface area contributed by atoms with Crippen molar-refractivity contribution in [2.75, 3.05) is 18.5 Å². The van der Waals surface area contributed by atoms with E-state index in [2.05, 4.69) is 10.6 Å². The van der Waals surface area contributed by atoms with E-state index in [1.807, 2.05) is 0 Å². The molecule has 6 nitrogen and oxygen atoms in total. The summed E-state index contributed by atoms with van der Waals surface area (Å²) in [6, 6.07) is 8.56. The number of esters is 1. The summed E-state index contributed by atoms with van der Waals surface area (Å²) in [5.41, 5.74) is 1.42. The summed E-state index contributed by atoms with van der Waals surface area (Å²) in [5, 5.41) is 6.04. The lowest BCUT2D eigenvalue weighted by Gasteiger charge is -2.11. The van der Waals surface area contributed by atoms with Crippen LogP contribution in [0.3, 0.4) is 0 Å². The number of amides is 1. The van der Waals surface area contributed by atoms with Gasteiger partial charge in [0.15, 0.2) is 0 Å². The normalized spacial score (nSPS) is 16.8. The molecule has 3 rings (SSSR count). The SMILES string of the molecule is Cc1occc1C(=O)Nc1cccc(C(=O)OC[C@H]2CCCN2)c1. The summed E-state index contributed by atoms with van der Waals surface area (Å²) in [6.07, 6.45) is 3.60. The lowest BCUT2D eigenvalue weighted by Crippen LogP contribution is -2.28. The zero-order valence-electron chi connectivity index (χ0n) is 13.5. The van der Waals surface area contributed by atoms with E-state index in [1.54, 1.807) is 37.3 Å². The smallest absolute Gasteiger partial charge is 0.338 e. The van der Waals surface area contributed by atoms with Gasteiger partial charge in [-0.05, 0) is 50.6 Å². The van der Waals surface area contributed by atoms with E-state index < -0.39 is 0 Å². The van der Waals surface area contributed by atoms with Crippen LogP contribution in [-0.2, 0) is 4.74 Å². The zero-order chi connectivity index (χ0) is 16.9. The van der Waals surface area contributed by atoms with Crippen LogP contribution in [-0.4, -0.2) is 31.1 Å². The number of furan rings is 1. The Kier molecular flexibility index (Phi) is 4.96. The Bertz CT molecular complexity index is 732. The molecule has 2 aromatic rings. The molecule has 2 heterocycles. The first-order valence-electron chi connectivity index (χ1n) is 7.99. The second-order valence-electron chi connectivity index (χ2n) is 5.82. The molecule has 0 aliphatic carbocycles. The van der Waals surface area contributed by atoms with E-state index in [0.717, 1.165) is 19.4 Å². The molecule has 1 aromatic carbocycles. The van der Waals surface area contributed by atoms with Crippen LogP contribution in [0.4, 0.5) is 5.69 Å². The molecule has 1 amide bonds. The van der Waals surface area contributed by atoms with Crippen molar-refractivity contribution in [2.24, 2.45) is 0 Å². The number of aryl methyl sites for hydroxylation is 1. The maximum atomic E-state index is 12.2. The van der Waals surface area contributed by atoms with Gasteiger partial charge < -0.3 is 19.8 Å². The third kappa shape index (κ3) is 3.83. The van der Waals surface area contributed by atoms with Crippen molar-refractivity contribution in [1.82, 2.24) is 5.32 Å². The minimum Gasteiger partial charge on any atom is -0.469 e. The fraction of sp³-hybridized carbons (Fsp3) is 0.333. The Morgan fingerprint density at radius 2 is 2.25 bits per heavy atom. The van der Waals surface area contributed by atoms with E-state index in [-0.39, 0.29) is 17.9 Å². The number of hydrogen-bond donors (Lipinski definition) is 2. The van der Waals surface area contributed by atoms with Gasteiger partial charge in [0.05, 0.1) is 17.4 Å². The Morgan fingerprint density at radius 1 is 1.38 bits per heavy atom. The van der Waals surface area contributed by atoms with E-state index in [0.29, 0.717) is 29.2 Å². The summed E-state index contributed by atoms with van der Waals surface area (Å²) in [4.78, 5) is 24.3. The van der Waals surface area contributed by atoms with Crippen LogP contribution in [0.25, 0.3) is 0 Å². The van der Waals surface area contributed by atoms with Gasteiger partial charge in [-0.15, -0.1) is 0 Å². The molecule has 1 saturated heterocycles. The molecular formula is C18H20N2O4. The predicted molar refractivity (Wildman–Crippen MR) is 89.1 cm³/mol. The third-order valence-electron chi connectivity index (χ3n) is 4.04. The molecule has 1 fully saturated rings. The summed E-state index contributed by atoms with van der Waals surface area (Å²) >= 11 is 0. The van der Waals surface area contributed by atoms with Crippen molar-refractivity contribution in [1.29, 1.82) is 0 Å². The van der Waals surface area contributed by atoms with Crippen LogP contribution in [0.2, 0.25) is 0 Å². The molecule has 0 radical (unpaired) electrons. The molecule has 2 N–H and O–H groups in total. The fourth-order valence-corrected chi connectivity index (χ4v) is 2.70. The average molecular weight is 328 g/mol. The first-order chi connectivity index (χ1) is 11.6. The van der Waals surface area contributed by atoms with Crippen molar-refractivity contribution in [3.63, 3.8) is 0 Å². The number of carbonyl (C=O) groups excluding carboxylic acids is 2. The van der Waals surface area contributed by atoms with Crippen LogP contribution in [0.5, 0.6) is 0 Å². The molecule has 0 spiro atoms. The van der Waals surface area contributed by atoms with Crippen LogP contribution >= 0.6 is 0 Å². The number of nitrogens with one attached hydrogen (secondary N) is 2. The summed E-state index contributed by atoms with van der Waals surface area (Å²) in [5.74, 6) is -0.117. The Labute approximate surface area is 140 Å². The average Bonchev–Trinajstić information content (AvgIpc) is 3.24. The number of anilines is 1. The lowest BCUT2D eigenvalue weighted by atomic mass is 10.2. The predicted octanol–water partition coefficient (Wildman–Crippen LogP) is 2.75. The molecule has 0 unspecified atom stereocenters. The van der Waals surface area contributed by atoms with Gasteiger partial charge in [-0.1, -0.05) is 6.07 Å². The van der Waals surface area contributed by atoms with E-state index in [9.17, 15) is 9.59 Å². The third-order valence-corrected chi connectivity index (χ3v) is 4.04. The van der Waals surface area contributed by atoms with Gasteiger partial charge >= 0.3 is 5.97 Å². The van der Waals surface area contributed by atoms with Gasteiger partial charge in [-0.3, -0.25) is 4.79 Å². The van der Waals surface area contributed by atoms with Gasteiger partial charge in [0.1, 0.15) is 12.4 Å². The van der Waals surface area contributed by atoms with Crippen LogP contribution < -0.4 is 10.6 Å². The fourth-order valence-electron chi connectivity index (χ4n) is 2.70. The number of rotatable bonds is 5. The van der Waals surface area contributed by atoms with Gasteiger partial charge in [-0.25, -0.2) is 4.79 Å². The number of ether oxygens (including phenoxy) is 1. The van der Waals surface area contributed by atoms with Crippen molar-refractivity contribution >= 4 is 17.6 Å². The first kappa shape index (κ1) is 16.3. The van der Waals surface area contributed by atoms with Crippen molar-refractivity contribution in [3.8, 4) is 0 Å². The molecule has 6 heteroatoms. The Balaban J connectivity index is 1.62. The molecule has 0 saturated carbocycles. The van der Waals surface area contributed by atoms with Gasteiger partial charge in [0.2, 0.25) is 0 Å². The van der Waals surface area contributed by atoms with Crippen LogP contribution in [0, 0.1) is 6.92 Å². The minimum absolute atomic E-state index is 0.237. The van der Waals surface area contributed by atoms with Gasteiger partial charge in [-0.2, -0.15) is 0 Å². The molecular weight excluding hydrogens is 308 g/mol. The van der Waals surface area contributed by atoms with E-state index >= 15 is 0 Å².